The summed E-state index contributed by atoms with van der Waals surface area (Å²) in [4.78, 5) is 25.5. The van der Waals surface area contributed by atoms with Crippen LogP contribution in [0, 0.1) is 11.6 Å². The van der Waals surface area contributed by atoms with Crippen LogP contribution in [0.1, 0.15) is 15.2 Å². The van der Waals surface area contributed by atoms with Gasteiger partial charge < -0.3 is 14.7 Å². The molecule has 0 saturated heterocycles. The van der Waals surface area contributed by atoms with Gasteiger partial charge in [0.1, 0.15) is 23.1 Å². The Morgan fingerprint density at radius 2 is 1.93 bits per heavy atom. The topological polar surface area (TPSA) is 66.8 Å². The lowest BCUT2D eigenvalue weighted by atomic mass is 10.0. The first-order valence-electron chi connectivity index (χ1n) is 8.55. The number of hydrogen-bond donors (Lipinski definition) is 1. The number of carboxylic acid groups (broad SMARTS) is 1. The summed E-state index contributed by atoms with van der Waals surface area (Å²) in [5, 5.41) is 11.0. The number of thiophene rings is 1. The quantitative estimate of drug-likeness (QED) is 0.612. The molecule has 0 aliphatic carbocycles. The molecule has 1 heterocycles. The van der Waals surface area contributed by atoms with Gasteiger partial charge in [-0.15, -0.1) is 11.3 Å². The zero-order valence-corrected chi connectivity index (χ0v) is 16.2. The third kappa shape index (κ3) is 4.67. The molecule has 0 aliphatic rings. The summed E-state index contributed by atoms with van der Waals surface area (Å²) in [6.45, 7) is -0.362. The lowest BCUT2D eigenvalue weighted by molar-refractivity contribution is -0.122. The molecule has 3 rings (SSSR count). The highest BCUT2D eigenvalue weighted by Crippen LogP contribution is 2.31. The van der Waals surface area contributed by atoms with E-state index in [4.69, 9.17) is 4.74 Å². The molecule has 0 atom stereocenters. The second kappa shape index (κ2) is 8.93. The van der Waals surface area contributed by atoms with Crippen LogP contribution >= 0.6 is 11.3 Å². The number of amides is 1. The van der Waals surface area contributed by atoms with Crippen molar-refractivity contribution < 1.29 is 28.2 Å². The number of hydrogen-bond acceptors (Lipinski definition) is 4. The van der Waals surface area contributed by atoms with Crippen LogP contribution in [0.3, 0.4) is 0 Å². The predicted molar refractivity (Wildman–Crippen MR) is 106 cm³/mol. The van der Waals surface area contributed by atoms with Crippen LogP contribution in [0.5, 0.6) is 0 Å². The van der Waals surface area contributed by atoms with E-state index in [1.54, 1.807) is 35.7 Å². The van der Waals surface area contributed by atoms with E-state index in [-0.39, 0.29) is 23.6 Å². The Balaban J connectivity index is 2.01. The van der Waals surface area contributed by atoms with E-state index in [2.05, 4.69) is 0 Å². The molecule has 0 aliphatic heterocycles. The van der Waals surface area contributed by atoms with Crippen molar-refractivity contribution in [1.29, 1.82) is 0 Å². The first-order valence-corrected chi connectivity index (χ1v) is 9.43. The highest BCUT2D eigenvalue weighted by atomic mass is 32.1. The predicted octanol–water partition coefficient (Wildman–Crippen LogP) is 4.57. The lowest BCUT2D eigenvalue weighted by Crippen LogP contribution is -2.33. The SMILES string of the molecule is COCC(=O)N(Cc1ccc(F)cc1F)c1cccc(-c2ccsc2C(=O)O)c1. The molecule has 5 nitrogen and oxygen atoms in total. The van der Waals surface area contributed by atoms with Crippen molar-refractivity contribution in [2.24, 2.45) is 0 Å². The van der Waals surface area contributed by atoms with Crippen molar-refractivity contribution in [2.75, 3.05) is 18.6 Å². The van der Waals surface area contributed by atoms with Gasteiger partial charge in [0.05, 0.1) is 6.54 Å². The van der Waals surface area contributed by atoms with Gasteiger partial charge in [0.25, 0.3) is 5.91 Å². The number of nitrogens with zero attached hydrogens (tertiary/aromatic N) is 1. The molecular weight excluding hydrogens is 400 g/mol. The van der Waals surface area contributed by atoms with Gasteiger partial charge in [0.15, 0.2) is 0 Å². The second-order valence-corrected chi connectivity index (χ2v) is 7.08. The van der Waals surface area contributed by atoms with Gasteiger partial charge in [-0.2, -0.15) is 0 Å². The van der Waals surface area contributed by atoms with Crippen LogP contribution in [-0.4, -0.2) is 30.7 Å². The summed E-state index contributed by atoms with van der Waals surface area (Å²) >= 11 is 1.10. The molecule has 8 heteroatoms. The summed E-state index contributed by atoms with van der Waals surface area (Å²) in [5.41, 5.74) is 1.71. The van der Waals surface area contributed by atoms with Gasteiger partial charge in [0.2, 0.25) is 0 Å². The largest absolute Gasteiger partial charge is 0.477 e. The fraction of sp³-hybridized carbons (Fsp3) is 0.143. The molecule has 1 N–H and O–H groups in total. The van der Waals surface area contributed by atoms with Crippen LogP contribution in [-0.2, 0) is 16.1 Å². The highest BCUT2D eigenvalue weighted by Gasteiger charge is 2.20. The molecule has 0 unspecified atom stereocenters. The van der Waals surface area contributed by atoms with Crippen molar-refractivity contribution in [3.63, 3.8) is 0 Å². The number of rotatable bonds is 7. The van der Waals surface area contributed by atoms with E-state index < -0.39 is 23.5 Å². The normalized spacial score (nSPS) is 10.7. The van der Waals surface area contributed by atoms with E-state index >= 15 is 0 Å². The Hall–Kier alpha value is -3.10. The molecule has 0 fully saturated rings. The number of carbonyl (C=O) groups excluding carboxylic acids is 1. The van der Waals surface area contributed by atoms with E-state index in [1.165, 1.54) is 18.1 Å². The van der Waals surface area contributed by atoms with Crippen LogP contribution < -0.4 is 4.90 Å². The average molecular weight is 417 g/mol. The minimum absolute atomic E-state index is 0.132. The maximum absolute atomic E-state index is 14.1. The standard InChI is InChI=1S/C21H17F2NO4S/c1-28-12-19(25)24(11-14-5-6-15(22)10-18(14)23)16-4-2-3-13(9-16)17-7-8-29-20(17)21(26)27/h2-10H,11-12H2,1H3,(H,26,27). The Morgan fingerprint density at radius 3 is 2.62 bits per heavy atom. The van der Waals surface area contributed by atoms with Crippen molar-refractivity contribution in [3.05, 3.63) is 76.0 Å². The minimum atomic E-state index is -1.04. The fourth-order valence-electron chi connectivity index (χ4n) is 2.89. The first-order chi connectivity index (χ1) is 13.9. The summed E-state index contributed by atoms with van der Waals surface area (Å²) < 4.78 is 32.3. The van der Waals surface area contributed by atoms with Crippen LogP contribution in [0.4, 0.5) is 14.5 Å². The van der Waals surface area contributed by atoms with Crippen LogP contribution in [0.15, 0.2) is 53.9 Å². The van der Waals surface area contributed by atoms with Gasteiger partial charge in [-0.05, 0) is 35.2 Å². The molecule has 1 amide bonds. The lowest BCUT2D eigenvalue weighted by Gasteiger charge is -2.23. The van der Waals surface area contributed by atoms with E-state index in [0.29, 0.717) is 16.8 Å². The summed E-state index contributed by atoms with van der Waals surface area (Å²) in [6.07, 6.45) is 0. The van der Waals surface area contributed by atoms with Crippen LogP contribution in [0.25, 0.3) is 11.1 Å². The zero-order valence-electron chi connectivity index (χ0n) is 15.4. The molecule has 150 valence electrons. The molecular formula is C21H17F2NO4S. The summed E-state index contributed by atoms with van der Waals surface area (Å²) in [5.74, 6) is -2.93. The third-order valence-electron chi connectivity index (χ3n) is 4.24. The number of anilines is 1. The molecule has 0 saturated carbocycles. The molecule has 0 bridgehead atoms. The monoisotopic (exact) mass is 417 g/mol. The van der Waals surface area contributed by atoms with Crippen molar-refractivity contribution in [3.8, 4) is 11.1 Å². The Kier molecular flexibility index (Phi) is 6.36. The Morgan fingerprint density at radius 1 is 1.14 bits per heavy atom. The molecule has 3 aromatic rings. The summed E-state index contributed by atoms with van der Waals surface area (Å²) in [7, 11) is 1.37. The number of aromatic carboxylic acids is 1. The summed E-state index contributed by atoms with van der Waals surface area (Å²) in [6, 6.07) is 11.6. The molecule has 29 heavy (non-hydrogen) atoms. The molecule has 0 spiro atoms. The third-order valence-corrected chi connectivity index (χ3v) is 5.14. The minimum Gasteiger partial charge on any atom is -0.477 e. The van der Waals surface area contributed by atoms with Crippen molar-refractivity contribution in [1.82, 2.24) is 0 Å². The fourth-order valence-corrected chi connectivity index (χ4v) is 3.64. The van der Waals surface area contributed by atoms with Crippen molar-refractivity contribution in [2.45, 2.75) is 6.54 Å². The first kappa shape index (κ1) is 20.6. The van der Waals surface area contributed by atoms with Gasteiger partial charge in [-0.1, -0.05) is 18.2 Å². The number of methoxy groups -OCH3 is 1. The highest BCUT2D eigenvalue weighted by molar-refractivity contribution is 7.12. The maximum atomic E-state index is 14.1. The Bertz CT molecular complexity index is 1050. The number of carbonyl (C=O) groups is 2. The Labute approximate surface area is 169 Å². The number of carboxylic acids is 1. The molecule has 2 aromatic carbocycles. The van der Waals surface area contributed by atoms with Gasteiger partial charge >= 0.3 is 5.97 Å². The molecule has 0 radical (unpaired) electrons. The van der Waals surface area contributed by atoms with E-state index in [1.807, 2.05) is 0 Å². The van der Waals surface area contributed by atoms with Gasteiger partial charge in [0, 0.05) is 30.0 Å². The van der Waals surface area contributed by atoms with E-state index in [9.17, 15) is 23.5 Å². The smallest absolute Gasteiger partial charge is 0.346 e. The second-order valence-electron chi connectivity index (χ2n) is 6.17. The van der Waals surface area contributed by atoms with Gasteiger partial charge in [-0.25, -0.2) is 13.6 Å². The maximum Gasteiger partial charge on any atom is 0.346 e. The van der Waals surface area contributed by atoms with Crippen LogP contribution in [0.2, 0.25) is 0 Å². The number of ether oxygens (including phenoxy) is 1. The van der Waals surface area contributed by atoms with Crippen molar-refractivity contribution >= 4 is 28.9 Å². The number of benzene rings is 2. The number of halogens is 2. The van der Waals surface area contributed by atoms with E-state index in [0.717, 1.165) is 23.5 Å². The molecule has 1 aromatic heterocycles. The average Bonchev–Trinajstić information content (AvgIpc) is 3.18. The van der Waals surface area contributed by atoms with Gasteiger partial charge in [-0.3, -0.25) is 4.79 Å². The zero-order chi connectivity index (χ0) is 21.0.